The molecule has 3 fully saturated rings. The standard InChI is InChI=1S/C15H26N4/c16-7-6-15(4-5-15)12-18-8-3-14(11-18)19-9-1-13(17)2-10-19/h13-14H,1-6,8-12,17H2. The van der Waals surface area contributed by atoms with Gasteiger partial charge in [-0.3, -0.25) is 4.90 Å². The molecule has 4 heteroatoms. The average Bonchev–Trinajstić information content (AvgIpc) is 2.99. The molecule has 1 atom stereocenters. The first-order chi connectivity index (χ1) is 9.21. The summed E-state index contributed by atoms with van der Waals surface area (Å²) in [4.78, 5) is 5.25. The van der Waals surface area contributed by atoms with Crippen LogP contribution < -0.4 is 5.73 Å². The number of likely N-dealkylation sites (tertiary alicyclic amines) is 2. The van der Waals surface area contributed by atoms with E-state index in [0.717, 1.165) is 31.8 Å². The maximum Gasteiger partial charge on any atom is 0.0628 e. The van der Waals surface area contributed by atoms with E-state index in [9.17, 15) is 0 Å². The highest BCUT2D eigenvalue weighted by molar-refractivity contribution is 5.02. The summed E-state index contributed by atoms with van der Waals surface area (Å²) in [7, 11) is 0. The number of nitrogens with zero attached hydrogens (tertiary/aromatic N) is 3. The zero-order chi connectivity index (χ0) is 13.3. The van der Waals surface area contributed by atoms with E-state index in [4.69, 9.17) is 11.0 Å². The van der Waals surface area contributed by atoms with Crippen LogP contribution in [0.1, 0.15) is 38.5 Å². The Balaban J connectivity index is 1.47. The minimum Gasteiger partial charge on any atom is -0.328 e. The van der Waals surface area contributed by atoms with Gasteiger partial charge < -0.3 is 10.6 Å². The number of hydrogen-bond acceptors (Lipinski definition) is 4. The third kappa shape index (κ3) is 3.10. The molecule has 3 aliphatic rings. The van der Waals surface area contributed by atoms with E-state index in [0.29, 0.717) is 11.5 Å². The van der Waals surface area contributed by atoms with Crippen LogP contribution in [0.4, 0.5) is 0 Å². The highest BCUT2D eigenvalue weighted by Gasteiger charge is 2.45. The van der Waals surface area contributed by atoms with Crippen LogP contribution in [0.15, 0.2) is 0 Å². The van der Waals surface area contributed by atoms with Crippen LogP contribution >= 0.6 is 0 Å². The molecule has 1 unspecified atom stereocenters. The van der Waals surface area contributed by atoms with Gasteiger partial charge in [-0.2, -0.15) is 5.26 Å². The molecule has 0 aromatic carbocycles. The molecule has 2 N–H and O–H groups in total. The highest BCUT2D eigenvalue weighted by atomic mass is 15.3. The van der Waals surface area contributed by atoms with Crippen LogP contribution in [0.2, 0.25) is 0 Å². The summed E-state index contributed by atoms with van der Waals surface area (Å²) >= 11 is 0. The number of nitriles is 1. The van der Waals surface area contributed by atoms with Crippen LogP contribution in [0.25, 0.3) is 0 Å². The molecular formula is C15H26N4. The van der Waals surface area contributed by atoms with Crippen LogP contribution in [-0.4, -0.2) is 54.6 Å². The van der Waals surface area contributed by atoms with Gasteiger partial charge in [0.25, 0.3) is 0 Å². The Morgan fingerprint density at radius 2 is 1.89 bits per heavy atom. The van der Waals surface area contributed by atoms with E-state index < -0.39 is 0 Å². The third-order valence-electron chi connectivity index (χ3n) is 5.31. The summed E-state index contributed by atoms with van der Waals surface area (Å²) in [5, 5.41) is 8.91. The molecule has 2 heterocycles. The van der Waals surface area contributed by atoms with Crippen molar-refractivity contribution in [1.82, 2.24) is 9.80 Å². The highest BCUT2D eigenvalue weighted by Crippen LogP contribution is 2.49. The SMILES string of the molecule is N#CCC1(CN2CCC(N3CCC(N)CC3)C2)CC1. The molecule has 2 aliphatic heterocycles. The van der Waals surface area contributed by atoms with E-state index in [1.807, 2.05) is 0 Å². The summed E-state index contributed by atoms with van der Waals surface area (Å²) in [5.41, 5.74) is 6.35. The second-order valence-corrected chi connectivity index (χ2v) is 6.89. The first-order valence-electron chi connectivity index (χ1n) is 7.80. The summed E-state index contributed by atoms with van der Waals surface area (Å²) in [6, 6.07) is 3.54. The number of hydrogen-bond donors (Lipinski definition) is 1. The van der Waals surface area contributed by atoms with E-state index in [1.165, 1.54) is 45.4 Å². The van der Waals surface area contributed by atoms with E-state index in [1.54, 1.807) is 0 Å². The smallest absolute Gasteiger partial charge is 0.0628 e. The lowest BCUT2D eigenvalue weighted by atomic mass is 10.0. The zero-order valence-corrected chi connectivity index (χ0v) is 11.9. The molecule has 1 saturated carbocycles. The van der Waals surface area contributed by atoms with Crippen molar-refractivity contribution in [3.8, 4) is 6.07 Å². The van der Waals surface area contributed by atoms with Gasteiger partial charge in [-0.25, -0.2) is 0 Å². The Morgan fingerprint density at radius 1 is 1.16 bits per heavy atom. The predicted octanol–water partition coefficient (Wildman–Crippen LogP) is 1.18. The molecule has 19 heavy (non-hydrogen) atoms. The molecule has 0 aromatic rings. The number of rotatable bonds is 4. The van der Waals surface area contributed by atoms with E-state index in [2.05, 4.69) is 15.9 Å². The minimum absolute atomic E-state index is 0.369. The zero-order valence-electron chi connectivity index (χ0n) is 11.9. The van der Waals surface area contributed by atoms with Gasteiger partial charge in [0.1, 0.15) is 0 Å². The van der Waals surface area contributed by atoms with Crippen molar-refractivity contribution in [2.45, 2.75) is 50.6 Å². The normalized spacial score (nSPS) is 32.3. The van der Waals surface area contributed by atoms with Crippen molar-refractivity contribution >= 4 is 0 Å². The van der Waals surface area contributed by atoms with Crippen molar-refractivity contribution in [2.24, 2.45) is 11.1 Å². The second-order valence-electron chi connectivity index (χ2n) is 6.89. The molecule has 0 bridgehead atoms. The number of piperidine rings is 1. The van der Waals surface area contributed by atoms with E-state index >= 15 is 0 Å². The molecule has 2 saturated heterocycles. The van der Waals surface area contributed by atoms with Crippen LogP contribution in [0, 0.1) is 16.7 Å². The fourth-order valence-electron chi connectivity index (χ4n) is 3.75. The van der Waals surface area contributed by atoms with Crippen molar-refractivity contribution < 1.29 is 0 Å². The maximum absolute atomic E-state index is 8.91. The molecule has 0 aromatic heterocycles. The van der Waals surface area contributed by atoms with E-state index in [-0.39, 0.29) is 0 Å². The molecule has 3 rings (SSSR count). The van der Waals surface area contributed by atoms with Crippen molar-refractivity contribution in [3.63, 3.8) is 0 Å². The number of nitrogens with two attached hydrogens (primary N) is 1. The van der Waals surface area contributed by atoms with Crippen LogP contribution in [0.5, 0.6) is 0 Å². The minimum atomic E-state index is 0.369. The first kappa shape index (κ1) is 13.4. The molecule has 0 spiro atoms. The second kappa shape index (κ2) is 5.40. The van der Waals surface area contributed by atoms with Gasteiger partial charge in [-0.05, 0) is 57.2 Å². The Kier molecular flexibility index (Phi) is 3.79. The quantitative estimate of drug-likeness (QED) is 0.826. The van der Waals surface area contributed by atoms with Crippen molar-refractivity contribution in [1.29, 1.82) is 5.26 Å². The van der Waals surface area contributed by atoms with Crippen LogP contribution in [0.3, 0.4) is 0 Å². The van der Waals surface area contributed by atoms with Crippen molar-refractivity contribution in [2.75, 3.05) is 32.7 Å². The maximum atomic E-state index is 8.91. The fourth-order valence-corrected chi connectivity index (χ4v) is 3.75. The monoisotopic (exact) mass is 262 g/mol. The lowest BCUT2D eigenvalue weighted by Crippen LogP contribution is -2.46. The van der Waals surface area contributed by atoms with Gasteiger partial charge in [0.05, 0.1) is 6.07 Å². The average molecular weight is 262 g/mol. The molecular weight excluding hydrogens is 236 g/mol. The first-order valence-corrected chi connectivity index (χ1v) is 7.80. The van der Waals surface area contributed by atoms with Crippen LogP contribution in [-0.2, 0) is 0 Å². The Morgan fingerprint density at radius 3 is 2.53 bits per heavy atom. The summed E-state index contributed by atoms with van der Waals surface area (Å²) in [5.74, 6) is 0. The summed E-state index contributed by atoms with van der Waals surface area (Å²) < 4.78 is 0. The lowest BCUT2D eigenvalue weighted by molar-refractivity contribution is 0.148. The molecule has 0 amide bonds. The fraction of sp³-hybridized carbons (Fsp3) is 0.933. The molecule has 106 valence electrons. The predicted molar refractivity (Wildman–Crippen MR) is 75.5 cm³/mol. The topological polar surface area (TPSA) is 56.3 Å². The lowest BCUT2D eigenvalue weighted by Gasteiger charge is -2.35. The van der Waals surface area contributed by atoms with Gasteiger partial charge in [0.15, 0.2) is 0 Å². The largest absolute Gasteiger partial charge is 0.328 e. The van der Waals surface area contributed by atoms with Gasteiger partial charge in [0.2, 0.25) is 0 Å². The van der Waals surface area contributed by atoms with Gasteiger partial charge in [0, 0.05) is 31.6 Å². The summed E-state index contributed by atoms with van der Waals surface area (Å²) in [6.07, 6.45) is 6.91. The Hall–Kier alpha value is -0.630. The third-order valence-corrected chi connectivity index (χ3v) is 5.31. The molecule has 0 radical (unpaired) electrons. The van der Waals surface area contributed by atoms with Gasteiger partial charge in [-0.15, -0.1) is 0 Å². The Bertz CT molecular complexity index is 350. The van der Waals surface area contributed by atoms with Crippen molar-refractivity contribution in [3.05, 3.63) is 0 Å². The Labute approximate surface area is 116 Å². The van der Waals surface area contributed by atoms with Gasteiger partial charge >= 0.3 is 0 Å². The summed E-state index contributed by atoms with van der Waals surface area (Å²) in [6.45, 7) is 5.96. The molecule has 4 nitrogen and oxygen atoms in total. The van der Waals surface area contributed by atoms with Gasteiger partial charge in [-0.1, -0.05) is 0 Å². The molecule has 1 aliphatic carbocycles.